The van der Waals surface area contributed by atoms with Gasteiger partial charge in [-0.15, -0.1) is 0 Å². The molecule has 2 fully saturated rings. The van der Waals surface area contributed by atoms with Gasteiger partial charge in [0.15, 0.2) is 0 Å². The molecule has 2 aliphatic carbocycles. The maximum atomic E-state index is 9.29. The van der Waals surface area contributed by atoms with Crippen molar-refractivity contribution < 1.29 is 22.2 Å². The van der Waals surface area contributed by atoms with Gasteiger partial charge in [0.2, 0.25) is 0 Å². The van der Waals surface area contributed by atoms with Crippen molar-refractivity contribution in [1.29, 1.82) is 0 Å². The summed E-state index contributed by atoms with van der Waals surface area (Å²) in [5.74, 6) is 1.35. The van der Waals surface area contributed by atoms with Crippen molar-refractivity contribution in [2.24, 2.45) is 4.99 Å². The van der Waals surface area contributed by atoms with Crippen molar-refractivity contribution in [2.45, 2.75) is 6.92 Å². The van der Waals surface area contributed by atoms with Crippen LogP contribution in [0.25, 0.3) is 0 Å². The SMILES string of the molecule is CC(=Nc1cccc(O)c1)[C]1[CH][CH][CH][CH]1.[CH]1[CH][CH][CH][CH]1.[Fe+2]. The van der Waals surface area contributed by atoms with Crippen LogP contribution in [0.4, 0.5) is 5.69 Å². The Balaban J connectivity index is 0.000000313. The molecule has 0 amide bonds. The third-order valence-electron chi connectivity index (χ3n) is 2.76. The Hall–Kier alpha value is -0.791. The molecule has 1 N–H and O–H groups in total. The van der Waals surface area contributed by atoms with E-state index in [-0.39, 0.29) is 22.8 Å². The Kier molecular flexibility index (Phi) is 8.71. The molecule has 21 heavy (non-hydrogen) atoms. The fourth-order valence-electron chi connectivity index (χ4n) is 1.76. The summed E-state index contributed by atoms with van der Waals surface area (Å²) in [6, 6.07) is 6.93. The van der Waals surface area contributed by atoms with E-state index in [0.29, 0.717) is 0 Å². The Morgan fingerprint density at radius 2 is 1.48 bits per heavy atom. The van der Waals surface area contributed by atoms with E-state index in [4.69, 9.17) is 0 Å². The predicted molar refractivity (Wildman–Crippen MR) is 82.8 cm³/mol. The first-order chi connectivity index (χ1) is 9.75. The van der Waals surface area contributed by atoms with Crippen LogP contribution in [-0.2, 0) is 17.1 Å². The van der Waals surface area contributed by atoms with Crippen molar-refractivity contribution in [1.82, 2.24) is 0 Å². The number of rotatable bonds is 2. The van der Waals surface area contributed by atoms with Gasteiger partial charge < -0.3 is 5.11 Å². The van der Waals surface area contributed by atoms with E-state index in [9.17, 15) is 5.11 Å². The molecule has 0 saturated heterocycles. The zero-order valence-electron chi connectivity index (χ0n) is 11.8. The summed E-state index contributed by atoms with van der Waals surface area (Å²) in [5, 5.41) is 9.29. The van der Waals surface area contributed by atoms with Gasteiger partial charge in [-0.05, 0) is 76.8 Å². The maximum Gasteiger partial charge on any atom is 2.00 e. The largest absolute Gasteiger partial charge is 2.00 e. The summed E-state index contributed by atoms with van der Waals surface area (Å²) < 4.78 is 0. The van der Waals surface area contributed by atoms with Crippen molar-refractivity contribution >= 4 is 11.4 Å². The van der Waals surface area contributed by atoms with Crippen LogP contribution in [0.3, 0.4) is 0 Å². The molecule has 2 nitrogen and oxygen atoms in total. The summed E-state index contributed by atoms with van der Waals surface area (Å²) >= 11 is 0. The van der Waals surface area contributed by atoms with Crippen LogP contribution in [0.15, 0.2) is 29.3 Å². The molecule has 0 bridgehead atoms. The predicted octanol–water partition coefficient (Wildman–Crippen LogP) is 3.91. The third-order valence-corrected chi connectivity index (χ3v) is 2.76. The van der Waals surface area contributed by atoms with Gasteiger partial charge in [0.1, 0.15) is 5.75 Å². The summed E-state index contributed by atoms with van der Waals surface area (Å²) in [4.78, 5) is 4.42. The number of nitrogens with zero attached hydrogens (tertiary/aromatic N) is 1. The third kappa shape index (κ3) is 6.67. The quantitative estimate of drug-likeness (QED) is 0.651. The number of phenols is 1. The number of hydrogen-bond donors (Lipinski definition) is 1. The van der Waals surface area contributed by atoms with E-state index in [0.717, 1.165) is 17.3 Å². The average Bonchev–Trinajstić information content (AvgIpc) is 3.15. The van der Waals surface area contributed by atoms with Gasteiger partial charge >= 0.3 is 17.1 Å². The van der Waals surface area contributed by atoms with Crippen molar-refractivity contribution in [3.8, 4) is 5.75 Å². The van der Waals surface area contributed by atoms with Crippen LogP contribution in [-0.4, -0.2) is 10.8 Å². The van der Waals surface area contributed by atoms with Crippen LogP contribution in [0, 0.1) is 63.7 Å². The second kappa shape index (κ2) is 10.0. The van der Waals surface area contributed by atoms with Gasteiger partial charge in [-0.1, -0.05) is 6.07 Å². The number of benzene rings is 1. The van der Waals surface area contributed by atoms with Gasteiger partial charge in [-0.25, -0.2) is 0 Å². The molecule has 0 unspecified atom stereocenters. The van der Waals surface area contributed by atoms with Gasteiger partial charge in [-0.2, -0.15) is 0 Å². The van der Waals surface area contributed by atoms with Crippen molar-refractivity contribution in [2.75, 3.05) is 0 Å². The first kappa shape index (κ1) is 18.3. The summed E-state index contributed by atoms with van der Waals surface area (Å²) in [5.41, 5.74) is 1.72. The molecule has 0 aromatic heterocycles. The van der Waals surface area contributed by atoms with E-state index in [1.807, 2.05) is 70.8 Å². The fourth-order valence-corrected chi connectivity index (χ4v) is 1.76. The van der Waals surface area contributed by atoms with Crippen LogP contribution >= 0.6 is 0 Å². The van der Waals surface area contributed by atoms with Gasteiger partial charge in [0.05, 0.1) is 5.69 Å². The van der Waals surface area contributed by atoms with Crippen LogP contribution in [0.2, 0.25) is 0 Å². The Labute approximate surface area is 139 Å². The van der Waals surface area contributed by atoms with Crippen molar-refractivity contribution in [3.05, 3.63) is 88.0 Å². The van der Waals surface area contributed by atoms with E-state index in [2.05, 4.69) is 4.99 Å². The first-order valence-corrected chi connectivity index (χ1v) is 6.49. The van der Waals surface area contributed by atoms with Crippen LogP contribution in [0.5, 0.6) is 5.75 Å². The fraction of sp³-hybridized carbons (Fsp3) is 0.0556. The molecule has 0 atom stereocenters. The Morgan fingerprint density at radius 3 is 2.00 bits per heavy atom. The normalized spacial score (nSPS) is 18.8. The molecule has 10 radical (unpaired) electrons. The summed E-state index contributed by atoms with van der Waals surface area (Å²) in [6.07, 6.45) is 18.0. The van der Waals surface area contributed by atoms with E-state index in [1.54, 1.807) is 18.2 Å². The number of hydrogen-bond acceptors (Lipinski definition) is 2. The molecular weight excluding hydrogens is 302 g/mol. The van der Waals surface area contributed by atoms with Crippen LogP contribution in [0.1, 0.15) is 6.92 Å². The maximum absolute atomic E-state index is 9.29. The first-order valence-electron chi connectivity index (χ1n) is 6.49. The Morgan fingerprint density at radius 1 is 0.905 bits per heavy atom. The summed E-state index contributed by atoms with van der Waals surface area (Å²) in [6.45, 7) is 1.96. The number of phenolic OH excluding ortho intramolecular Hbond substituents is 1. The second-order valence-electron chi connectivity index (χ2n) is 4.35. The van der Waals surface area contributed by atoms with Gasteiger partial charge in [-0.3, -0.25) is 4.99 Å². The number of aromatic hydroxyl groups is 1. The molecule has 1 aromatic carbocycles. The average molecular weight is 319 g/mol. The van der Waals surface area contributed by atoms with Gasteiger partial charge in [0.25, 0.3) is 0 Å². The molecule has 2 saturated carbocycles. The molecule has 0 aliphatic heterocycles. The second-order valence-corrected chi connectivity index (χ2v) is 4.35. The monoisotopic (exact) mass is 319 g/mol. The topological polar surface area (TPSA) is 32.6 Å². The van der Waals surface area contributed by atoms with Gasteiger partial charge in [0, 0.05) is 17.7 Å². The molecule has 1 aromatic rings. The zero-order valence-corrected chi connectivity index (χ0v) is 12.9. The minimum atomic E-state index is 0. The minimum Gasteiger partial charge on any atom is -0.508 e. The zero-order chi connectivity index (χ0) is 14.2. The molecule has 0 spiro atoms. The molecular formula is C18H17FeNO+2. The van der Waals surface area contributed by atoms with Crippen molar-refractivity contribution in [3.63, 3.8) is 0 Å². The minimum absolute atomic E-state index is 0. The Bertz CT molecular complexity index is 427. The van der Waals surface area contributed by atoms with Crippen LogP contribution < -0.4 is 0 Å². The molecule has 106 valence electrons. The summed E-state index contributed by atoms with van der Waals surface area (Å²) in [7, 11) is 0. The molecule has 3 heteroatoms. The number of aliphatic imine (C=N–C) groups is 1. The van der Waals surface area contributed by atoms with E-state index >= 15 is 0 Å². The molecule has 3 rings (SSSR count). The standard InChI is InChI=1S/C13H12NO.C5H5.Fe/c1-10(11-5-2-3-6-11)14-12-7-4-8-13(15)9-12;1-2-4-5-3-1;/h2-9,15H,1H3;1-5H;/q;;+2. The van der Waals surface area contributed by atoms with E-state index in [1.165, 1.54) is 0 Å². The molecule has 2 aliphatic rings. The van der Waals surface area contributed by atoms with E-state index < -0.39 is 0 Å². The smallest absolute Gasteiger partial charge is 0.508 e. The molecule has 0 heterocycles.